The Morgan fingerprint density at radius 2 is 1.66 bits per heavy atom. The molecule has 9 atom stereocenters. The summed E-state index contributed by atoms with van der Waals surface area (Å²) in [5.74, 6) is 4.11. The van der Waals surface area contributed by atoms with Crippen molar-refractivity contribution in [2.24, 2.45) is 46.3 Å². The van der Waals surface area contributed by atoms with Crippen LogP contribution in [0.3, 0.4) is 0 Å². The summed E-state index contributed by atoms with van der Waals surface area (Å²) in [6.45, 7) is 9.36. The van der Waals surface area contributed by atoms with Crippen molar-refractivity contribution in [3.63, 3.8) is 0 Å². The van der Waals surface area contributed by atoms with E-state index in [2.05, 4.69) is 33.0 Å². The fourth-order valence-corrected chi connectivity index (χ4v) is 9.48. The van der Waals surface area contributed by atoms with Gasteiger partial charge in [0, 0.05) is 0 Å². The van der Waals surface area contributed by atoms with Crippen LogP contribution >= 0.6 is 12.2 Å². The minimum absolute atomic E-state index is 0.00422. The highest BCUT2D eigenvalue weighted by Crippen LogP contribution is 2.68. The molecular weight excluding hydrogens is 429 g/mol. The van der Waals surface area contributed by atoms with Crippen LogP contribution in [0.5, 0.6) is 0 Å². The minimum Gasteiger partial charge on any atom is -0.390 e. The van der Waals surface area contributed by atoms with Gasteiger partial charge in [-0.2, -0.15) is 13.2 Å². The van der Waals surface area contributed by atoms with Gasteiger partial charge in [0.25, 0.3) is 0 Å². The van der Waals surface area contributed by atoms with E-state index in [4.69, 9.17) is 0 Å². The zero-order valence-corrected chi connectivity index (χ0v) is 21.3. The monoisotopic (exact) mass is 472 g/mol. The Hall–Kier alpha value is -0.160. The van der Waals surface area contributed by atoms with Crippen LogP contribution in [0.4, 0.5) is 13.2 Å². The van der Waals surface area contributed by atoms with E-state index < -0.39 is 16.6 Å². The molecule has 1 N–H and O–H groups in total. The predicted molar refractivity (Wildman–Crippen MR) is 128 cm³/mol. The molecule has 0 saturated heterocycles. The lowest BCUT2D eigenvalue weighted by Gasteiger charge is -2.62. The SMILES string of the molecule is C[C@H](CCCC(=S)C(F)(F)F)[C@H]1CC[C@H]2[C@@H]3CC[C@H]4C[C@@](C)(O)CC[C@]4(C)[C@H]3CC[C@]12C. The van der Waals surface area contributed by atoms with Crippen molar-refractivity contribution in [3.8, 4) is 0 Å². The number of rotatable bonds is 5. The number of alkyl halides is 3. The Labute approximate surface area is 198 Å². The molecular formula is C27H43F3OS. The molecule has 4 aliphatic carbocycles. The summed E-state index contributed by atoms with van der Waals surface area (Å²) in [4.78, 5) is -0.739. The van der Waals surface area contributed by atoms with E-state index >= 15 is 0 Å². The molecule has 1 nitrogen and oxygen atoms in total. The van der Waals surface area contributed by atoms with Crippen LogP contribution in [0, 0.1) is 46.3 Å². The van der Waals surface area contributed by atoms with Gasteiger partial charge in [0.2, 0.25) is 0 Å². The molecule has 0 aromatic carbocycles. The molecule has 0 aliphatic heterocycles. The largest absolute Gasteiger partial charge is 0.422 e. The highest BCUT2D eigenvalue weighted by molar-refractivity contribution is 7.80. The third-order valence-corrected chi connectivity index (χ3v) is 11.5. The quantitative estimate of drug-likeness (QED) is 0.408. The van der Waals surface area contributed by atoms with Gasteiger partial charge in [-0.3, -0.25) is 0 Å². The third-order valence-electron chi connectivity index (χ3n) is 11.1. The molecule has 4 rings (SSSR count). The van der Waals surface area contributed by atoms with Gasteiger partial charge < -0.3 is 5.11 Å². The first kappa shape index (κ1) is 24.9. The highest BCUT2D eigenvalue weighted by atomic mass is 32.1. The minimum atomic E-state index is -4.32. The molecule has 0 aromatic rings. The average molecular weight is 473 g/mol. The Bertz CT molecular complexity index is 718. The summed E-state index contributed by atoms with van der Waals surface area (Å²) >= 11 is 4.59. The normalized spacial score (nSPS) is 47.3. The molecule has 0 heterocycles. The maximum absolute atomic E-state index is 12.8. The lowest BCUT2D eigenvalue weighted by molar-refractivity contribution is -0.147. The van der Waals surface area contributed by atoms with Crippen LogP contribution in [0.25, 0.3) is 0 Å². The molecule has 4 saturated carbocycles. The Morgan fingerprint density at radius 3 is 2.34 bits per heavy atom. The summed E-state index contributed by atoms with van der Waals surface area (Å²) in [6.07, 6.45) is 7.84. The summed E-state index contributed by atoms with van der Waals surface area (Å²) in [6, 6.07) is 0. The van der Waals surface area contributed by atoms with Crippen molar-refractivity contribution >= 4 is 17.1 Å². The first-order chi connectivity index (χ1) is 14.8. The number of fused-ring (bicyclic) bond motifs is 5. The van der Waals surface area contributed by atoms with Gasteiger partial charge in [0.1, 0.15) is 0 Å². The number of hydrogen-bond donors (Lipinski definition) is 1. The first-order valence-corrected chi connectivity index (χ1v) is 13.5. The second-order valence-electron chi connectivity index (χ2n) is 12.9. The summed E-state index contributed by atoms with van der Waals surface area (Å²) in [5.41, 5.74) is 0.237. The van der Waals surface area contributed by atoms with Crippen LogP contribution in [-0.4, -0.2) is 21.7 Å². The molecule has 0 amide bonds. The van der Waals surface area contributed by atoms with Crippen LogP contribution < -0.4 is 0 Å². The van der Waals surface area contributed by atoms with Crippen molar-refractivity contribution < 1.29 is 18.3 Å². The highest BCUT2D eigenvalue weighted by Gasteiger charge is 2.61. The molecule has 32 heavy (non-hydrogen) atoms. The van der Waals surface area contributed by atoms with Gasteiger partial charge in [-0.05, 0) is 124 Å². The number of hydrogen-bond acceptors (Lipinski definition) is 2. The Morgan fingerprint density at radius 1 is 0.969 bits per heavy atom. The van der Waals surface area contributed by atoms with E-state index in [1.807, 2.05) is 6.92 Å². The maximum Gasteiger partial charge on any atom is 0.422 e. The second kappa shape index (κ2) is 8.50. The zero-order valence-electron chi connectivity index (χ0n) is 20.4. The van der Waals surface area contributed by atoms with Crippen molar-refractivity contribution in [1.82, 2.24) is 0 Å². The molecule has 0 aromatic heterocycles. The Kier molecular flexibility index (Phi) is 6.63. The van der Waals surface area contributed by atoms with Crippen molar-refractivity contribution in [2.45, 2.75) is 117 Å². The van der Waals surface area contributed by atoms with E-state index in [-0.39, 0.29) is 6.42 Å². The van der Waals surface area contributed by atoms with Crippen LogP contribution in [0.1, 0.15) is 105 Å². The molecule has 0 spiro atoms. The van der Waals surface area contributed by atoms with Crippen molar-refractivity contribution in [2.75, 3.05) is 0 Å². The smallest absolute Gasteiger partial charge is 0.390 e. The number of thiocarbonyl (C=S) groups is 1. The summed E-state index contributed by atoms with van der Waals surface area (Å²) in [5, 5.41) is 10.7. The lowest BCUT2D eigenvalue weighted by atomic mass is 9.43. The van der Waals surface area contributed by atoms with E-state index in [1.165, 1.54) is 38.5 Å². The summed E-state index contributed by atoms with van der Waals surface area (Å²) < 4.78 is 38.3. The number of aliphatic hydroxyl groups is 1. The van der Waals surface area contributed by atoms with Crippen LogP contribution in [-0.2, 0) is 0 Å². The van der Waals surface area contributed by atoms with Gasteiger partial charge >= 0.3 is 6.18 Å². The number of halogens is 3. The van der Waals surface area contributed by atoms with Crippen LogP contribution in [0.15, 0.2) is 0 Å². The first-order valence-electron chi connectivity index (χ1n) is 13.1. The van der Waals surface area contributed by atoms with Crippen LogP contribution in [0.2, 0.25) is 0 Å². The zero-order chi connectivity index (χ0) is 23.5. The molecule has 184 valence electrons. The topological polar surface area (TPSA) is 20.2 Å². The lowest BCUT2D eigenvalue weighted by Crippen LogP contribution is -2.55. The predicted octanol–water partition coefficient (Wildman–Crippen LogP) is 8.13. The molecule has 5 heteroatoms. The van der Waals surface area contributed by atoms with Gasteiger partial charge in [-0.25, -0.2) is 0 Å². The fourth-order valence-electron chi connectivity index (χ4n) is 9.33. The van der Waals surface area contributed by atoms with Gasteiger partial charge in [0.05, 0.1) is 10.5 Å². The Balaban J connectivity index is 1.41. The van der Waals surface area contributed by atoms with E-state index in [0.29, 0.717) is 35.0 Å². The maximum atomic E-state index is 12.8. The third kappa shape index (κ3) is 4.32. The van der Waals surface area contributed by atoms with Gasteiger partial charge in [0.15, 0.2) is 0 Å². The van der Waals surface area contributed by atoms with E-state index in [0.717, 1.165) is 43.4 Å². The molecule has 4 aliphatic rings. The molecule has 0 radical (unpaired) electrons. The second-order valence-corrected chi connectivity index (χ2v) is 13.4. The van der Waals surface area contributed by atoms with E-state index in [1.54, 1.807) is 0 Å². The standard InChI is InChI=1S/C27H43F3OS/c1-17(6-5-7-23(32)27(28,29)30)20-10-11-21-19-9-8-18-16-24(2,31)14-15-25(18,3)22(19)12-13-26(20,21)4/h17-22,31H,5-16H2,1-4H3/t17-,18+,19+,20-,21+,22+,24+,25+,26-/m1/s1. The molecule has 0 bridgehead atoms. The van der Waals surface area contributed by atoms with Crippen molar-refractivity contribution in [1.29, 1.82) is 0 Å². The fraction of sp³-hybridized carbons (Fsp3) is 0.963. The van der Waals surface area contributed by atoms with Gasteiger partial charge in [-0.1, -0.05) is 39.4 Å². The van der Waals surface area contributed by atoms with Crippen molar-refractivity contribution in [3.05, 3.63) is 0 Å². The molecule has 0 unspecified atom stereocenters. The van der Waals surface area contributed by atoms with Gasteiger partial charge in [-0.15, -0.1) is 0 Å². The summed E-state index contributed by atoms with van der Waals surface area (Å²) in [7, 11) is 0. The van der Waals surface area contributed by atoms with E-state index in [9.17, 15) is 18.3 Å². The average Bonchev–Trinajstić information content (AvgIpc) is 3.05. The molecule has 4 fully saturated rings.